The van der Waals surface area contributed by atoms with Gasteiger partial charge in [0.15, 0.2) is 5.69 Å². The highest BCUT2D eigenvalue weighted by molar-refractivity contribution is 6.30. The monoisotopic (exact) mass is 414 g/mol. The Hall–Kier alpha value is -1.99. The summed E-state index contributed by atoms with van der Waals surface area (Å²) < 4.78 is 50.3. The Balaban J connectivity index is 1.47. The van der Waals surface area contributed by atoms with E-state index in [9.17, 15) is 13.2 Å². The summed E-state index contributed by atoms with van der Waals surface area (Å²) in [4.78, 5) is 5.55. The third kappa shape index (κ3) is 5.52. The normalized spacial score (nSPS) is 17.3. The molecule has 4 nitrogen and oxygen atoms in total. The van der Waals surface area contributed by atoms with Gasteiger partial charge in [0.2, 0.25) is 0 Å². The summed E-state index contributed by atoms with van der Waals surface area (Å²) in [5.74, 6) is 0.544. The third-order valence-electron chi connectivity index (χ3n) is 4.80. The SMILES string of the molecule is CC1(Oc2ccc(Cl)cc2)CCN(CCOc2cccnc2C(F)(F)F)CC1. The maximum atomic E-state index is 12.9. The summed E-state index contributed by atoms with van der Waals surface area (Å²) >= 11 is 5.90. The van der Waals surface area contributed by atoms with E-state index in [2.05, 4.69) is 16.8 Å². The van der Waals surface area contributed by atoms with Gasteiger partial charge in [-0.3, -0.25) is 4.90 Å². The Morgan fingerprint density at radius 1 is 1.14 bits per heavy atom. The second kappa shape index (κ2) is 8.57. The molecular weight excluding hydrogens is 393 g/mol. The Bertz CT molecular complexity index is 776. The Labute approximate surface area is 167 Å². The Morgan fingerprint density at radius 2 is 1.82 bits per heavy atom. The van der Waals surface area contributed by atoms with Crippen LogP contribution in [0.4, 0.5) is 13.2 Å². The van der Waals surface area contributed by atoms with Crippen molar-refractivity contribution in [3.05, 3.63) is 53.3 Å². The summed E-state index contributed by atoms with van der Waals surface area (Å²) in [5.41, 5.74) is -1.27. The van der Waals surface area contributed by atoms with Crippen LogP contribution in [0.1, 0.15) is 25.5 Å². The van der Waals surface area contributed by atoms with Crippen LogP contribution < -0.4 is 9.47 Å². The average Bonchev–Trinajstić information content (AvgIpc) is 2.65. The molecule has 1 aliphatic rings. The van der Waals surface area contributed by atoms with Crippen LogP contribution in [0.2, 0.25) is 5.02 Å². The zero-order chi connectivity index (χ0) is 20.2. The second-order valence-corrected chi connectivity index (χ2v) is 7.48. The van der Waals surface area contributed by atoms with Crippen molar-refractivity contribution in [3.8, 4) is 11.5 Å². The number of benzene rings is 1. The number of alkyl halides is 3. The van der Waals surface area contributed by atoms with Crippen molar-refractivity contribution in [1.29, 1.82) is 0 Å². The fourth-order valence-electron chi connectivity index (χ4n) is 3.14. The van der Waals surface area contributed by atoms with Crippen LogP contribution in [0, 0.1) is 0 Å². The molecule has 8 heteroatoms. The number of piperidine rings is 1. The summed E-state index contributed by atoms with van der Waals surface area (Å²) in [6, 6.07) is 10.0. The molecule has 0 radical (unpaired) electrons. The molecule has 152 valence electrons. The predicted octanol–water partition coefficient (Wildman–Crippen LogP) is 5.07. The largest absolute Gasteiger partial charge is 0.490 e. The highest BCUT2D eigenvalue weighted by atomic mass is 35.5. The van der Waals surface area contributed by atoms with Gasteiger partial charge in [0.05, 0.1) is 0 Å². The Morgan fingerprint density at radius 3 is 2.46 bits per heavy atom. The van der Waals surface area contributed by atoms with E-state index in [-0.39, 0.29) is 18.0 Å². The molecule has 0 aliphatic carbocycles. The molecule has 2 aromatic rings. The molecule has 1 fully saturated rings. The molecule has 2 heterocycles. The van der Waals surface area contributed by atoms with E-state index < -0.39 is 11.9 Å². The first-order valence-corrected chi connectivity index (χ1v) is 9.45. The van der Waals surface area contributed by atoms with Crippen molar-refractivity contribution < 1.29 is 22.6 Å². The molecule has 0 saturated carbocycles. The van der Waals surface area contributed by atoms with Crippen LogP contribution in [-0.4, -0.2) is 41.7 Å². The smallest absolute Gasteiger partial charge is 0.437 e. The molecule has 0 unspecified atom stereocenters. The number of hydrogen-bond acceptors (Lipinski definition) is 4. The molecule has 1 aliphatic heterocycles. The van der Waals surface area contributed by atoms with Gasteiger partial charge in [0.25, 0.3) is 0 Å². The number of hydrogen-bond donors (Lipinski definition) is 0. The summed E-state index contributed by atoms with van der Waals surface area (Å²) in [6.45, 7) is 4.35. The van der Waals surface area contributed by atoms with Gasteiger partial charge < -0.3 is 9.47 Å². The molecule has 0 amide bonds. The van der Waals surface area contributed by atoms with E-state index in [1.54, 1.807) is 12.1 Å². The van der Waals surface area contributed by atoms with Gasteiger partial charge in [0.1, 0.15) is 23.7 Å². The number of ether oxygens (including phenoxy) is 2. The van der Waals surface area contributed by atoms with Crippen molar-refractivity contribution in [3.63, 3.8) is 0 Å². The second-order valence-electron chi connectivity index (χ2n) is 7.04. The number of rotatable bonds is 6. The number of likely N-dealkylation sites (tertiary alicyclic amines) is 1. The lowest BCUT2D eigenvalue weighted by Gasteiger charge is -2.39. The van der Waals surface area contributed by atoms with Crippen molar-refractivity contribution in [2.45, 2.75) is 31.5 Å². The van der Waals surface area contributed by atoms with Crippen molar-refractivity contribution in [1.82, 2.24) is 9.88 Å². The molecule has 0 atom stereocenters. The lowest BCUT2D eigenvalue weighted by molar-refractivity contribution is -0.142. The first-order valence-electron chi connectivity index (χ1n) is 9.07. The number of halogens is 4. The fraction of sp³-hybridized carbons (Fsp3) is 0.450. The minimum Gasteiger partial charge on any atom is -0.490 e. The summed E-state index contributed by atoms with van der Waals surface area (Å²) in [6.07, 6.45) is -1.78. The first kappa shape index (κ1) is 20.7. The topological polar surface area (TPSA) is 34.6 Å². The van der Waals surface area contributed by atoms with Gasteiger partial charge in [-0.25, -0.2) is 4.98 Å². The van der Waals surface area contributed by atoms with Gasteiger partial charge in [-0.2, -0.15) is 13.2 Å². The first-order chi connectivity index (χ1) is 13.3. The van der Waals surface area contributed by atoms with E-state index in [1.165, 1.54) is 12.1 Å². The maximum absolute atomic E-state index is 12.9. The zero-order valence-electron chi connectivity index (χ0n) is 15.5. The maximum Gasteiger partial charge on any atom is 0.437 e. The van der Waals surface area contributed by atoms with Crippen molar-refractivity contribution in [2.75, 3.05) is 26.2 Å². The minimum absolute atomic E-state index is 0.170. The van der Waals surface area contributed by atoms with Gasteiger partial charge in [-0.05, 0) is 56.2 Å². The van der Waals surface area contributed by atoms with Gasteiger partial charge in [0, 0.05) is 30.9 Å². The van der Waals surface area contributed by atoms with Crippen LogP contribution in [0.25, 0.3) is 0 Å². The highest BCUT2D eigenvalue weighted by Crippen LogP contribution is 2.34. The molecule has 0 bridgehead atoms. The molecular formula is C20H22ClF3N2O2. The van der Waals surface area contributed by atoms with E-state index in [0.29, 0.717) is 11.6 Å². The fourth-order valence-corrected chi connectivity index (χ4v) is 3.27. The molecule has 28 heavy (non-hydrogen) atoms. The van der Waals surface area contributed by atoms with Crippen LogP contribution in [0.5, 0.6) is 11.5 Å². The number of pyridine rings is 1. The minimum atomic E-state index is -4.53. The molecule has 0 N–H and O–H groups in total. The zero-order valence-corrected chi connectivity index (χ0v) is 16.3. The van der Waals surface area contributed by atoms with Gasteiger partial charge in [-0.1, -0.05) is 11.6 Å². The average molecular weight is 415 g/mol. The van der Waals surface area contributed by atoms with Crippen LogP contribution in [-0.2, 0) is 6.18 Å². The standard InChI is InChI=1S/C20H22ClF3N2O2/c1-19(28-16-6-4-15(21)5-7-16)8-11-26(12-9-19)13-14-27-17-3-2-10-25-18(17)20(22,23)24/h2-7,10H,8-9,11-14H2,1H3. The van der Waals surface area contributed by atoms with Crippen molar-refractivity contribution >= 4 is 11.6 Å². The van der Waals surface area contributed by atoms with E-state index in [1.807, 2.05) is 12.1 Å². The van der Waals surface area contributed by atoms with E-state index >= 15 is 0 Å². The highest BCUT2D eigenvalue weighted by Gasteiger charge is 2.36. The third-order valence-corrected chi connectivity index (χ3v) is 5.05. The van der Waals surface area contributed by atoms with Gasteiger partial charge in [-0.15, -0.1) is 0 Å². The number of nitrogens with zero attached hydrogens (tertiary/aromatic N) is 2. The molecule has 1 aromatic heterocycles. The van der Waals surface area contributed by atoms with Crippen LogP contribution in [0.15, 0.2) is 42.6 Å². The lowest BCUT2D eigenvalue weighted by atomic mass is 9.93. The van der Waals surface area contributed by atoms with E-state index in [0.717, 1.165) is 37.9 Å². The van der Waals surface area contributed by atoms with Gasteiger partial charge >= 0.3 is 6.18 Å². The summed E-state index contributed by atoms with van der Waals surface area (Å²) in [5, 5.41) is 0.662. The quantitative estimate of drug-likeness (QED) is 0.661. The lowest BCUT2D eigenvalue weighted by Crippen LogP contribution is -2.47. The van der Waals surface area contributed by atoms with Crippen LogP contribution in [0.3, 0.4) is 0 Å². The van der Waals surface area contributed by atoms with Crippen LogP contribution >= 0.6 is 11.6 Å². The predicted molar refractivity (Wildman–Crippen MR) is 101 cm³/mol. The molecule has 1 aromatic carbocycles. The Kier molecular flexibility index (Phi) is 6.35. The molecule has 1 saturated heterocycles. The molecule has 0 spiro atoms. The van der Waals surface area contributed by atoms with Crippen molar-refractivity contribution in [2.24, 2.45) is 0 Å². The number of aromatic nitrogens is 1. The summed E-state index contributed by atoms with van der Waals surface area (Å²) in [7, 11) is 0. The van der Waals surface area contributed by atoms with E-state index in [4.69, 9.17) is 21.1 Å². The molecule has 3 rings (SSSR count).